The van der Waals surface area contributed by atoms with Crippen molar-refractivity contribution in [2.45, 2.75) is 16.9 Å². The molecule has 0 spiro atoms. The maximum atomic E-state index is 12.3. The molecule has 1 aliphatic rings. The highest BCUT2D eigenvalue weighted by atomic mass is 32.2. The molecule has 20 heavy (non-hydrogen) atoms. The average molecular weight is 283 g/mol. The summed E-state index contributed by atoms with van der Waals surface area (Å²) >= 11 is 0. The van der Waals surface area contributed by atoms with Gasteiger partial charge in [-0.1, -0.05) is 48.5 Å². The summed E-state index contributed by atoms with van der Waals surface area (Å²) in [6.07, 6.45) is 5.76. The first-order valence-electron chi connectivity index (χ1n) is 6.23. The number of benzene rings is 2. The van der Waals surface area contributed by atoms with Crippen molar-refractivity contribution >= 4 is 10.0 Å². The molecule has 3 rings (SSSR count). The molecule has 0 aliphatic carbocycles. The fourth-order valence-corrected chi connectivity index (χ4v) is 4.37. The van der Waals surface area contributed by atoms with Gasteiger partial charge in [0.25, 0.3) is 0 Å². The lowest BCUT2D eigenvalue weighted by molar-refractivity contribution is 0.497. The third kappa shape index (κ3) is 1.75. The number of nitrogens with one attached hydrogen (secondary N) is 1. The van der Waals surface area contributed by atoms with Crippen LogP contribution in [0.2, 0.25) is 0 Å². The van der Waals surface area contributed by atoms with Crippen LogP contribution in [0, 0.1) is 12.3 Å². The first-order chi connectivity index (χ1) is 9.60. The molecule has 0 bridgehead atoms. The fraction of sp³-hybridized carbons (Fsp3) is 0.125. The van der Waals surface area contributed by atoms with Crippen LogP contribution in [0.4, 0.5) is 0 Å². The van der Waals surface area contributed by atoms with Gasteiger partial charge in [0.1, 0.15) is 0 Å². The normalized spacial score (nSPS) is 22.9. The molecule has 1 aliphatic heterocycles. The molecule has 1 atom stereocenters. The van der Waals surface area contributed by atoms with E-state index in [1.54, 1.807) is 12.1 Å². The number of sulfonamides is 1. The van der Waals surface area contributed by atoms with Gasteiger partial charge in [-0.25, -0.2) is 8.42 Å². The van der Waals surface area contributed by atoms with E-state index < -0.39 is 15.6 Å². The first kappa shape index (κ1) is 12.9. The summed E-state index contributed by atoms with van der Waals surface area (Å²) in [5.74, 6) is 2.60. The summed E-state index contributed by atoms with van der Waals surface area (Å²) in [6, 6.07) is 16.4. The largest absolute Gasteiger partial charge is 0.242 e. The minimum atomic E-state index is -3.53. The van der Waals surface area contributed by atoms with Crippen LogP contribution in [0.3, 0.4) is 0 Å². The molecule has 0 radical (unpaired) electrons. The first-order valence-corrected chi connectivity index (χ1v) is 7.71. The molecule has 100 valence electrons. The maximum absolute atomic E-state index is 12.3. The molecule has 0 aromatic heterocycles. The molecule has 2 aromatic carbocycles. The Bertz CT molecular complexity index is 791. The second-order valence-corrected chi connectivity index (χ2v) is 6.40. The third-order valence-electron chi connectivity index (χ3n) is 3.58. The Kier molecular flexibility index (Phi) is 2.89. The number of hydrogen-bond acceptors (Lipinski definition) is 2. The standard InChI is InChI=1S/C16H13NO2S/c1-2-12-16(13-8-4-3-5-9-13)14-10-6-7-11-15(14)20(18,19)17-16/h1,3-11,17H,12H2/t16-/m0/s1. The Balaban J connectivity index is 2.33. The van der Waals surface area contributed by atoms with Crippen molar-refractivity contribution in [1.82, 2.24) is 4.72 Å². The van der Waals surface area contributed by atoms with Gasteiger partial charge in [-0.05, 0) is 17.2 Å². The Labute approximate surface area is 118 Å². The van der Waals surface area contributed by atoms with Gasteiger partial charge < -0.3 is 0 Å². The van der Waals surface area contributed by atoms with Gasteiger partial charge >= 0.3 is 0 Å². The molecule has 3 nitrogen and oxygen atoms in total. The highest BCUT2D eigenvalue weighted by Gasteiger charge is 2.46. The van der Waals surface area contributed by atoms with Crippen LogP contribution < -0.4 is 4.72 Å². The van der Waals surface area contributed by atoms with Crippen LogP contribution in [0.1, 0.15) is 17.5 Å². The monoisotopic (exact) mass is 283 g/mol. The van der Waals surface area contributed by atoms with Crippen LogP contribution >= 0.6 is 0 Å². The molecule has 0 amide bonds. The second kappa shape index (κ2) is 4.48. The van der Waals surface area contributed by atoms with Crippen LogP contribution in [0.15, 0.2) is 59.5 Å². The van der Waals surface area contributed by atoms with Gasteiger partial charge in [0.05, 0.1) is 10.4 Å². The van der Waals surface area contributed by atoms with Gasteiger partial charge in [0, 0.05) is 6.42 Å². The van der Waals surface area contributed by atoms with Crippen molar-refractivity contribution < 1.29 is 8.42 Å². The maximum Gasteiger partial charge on any atom is 0.242 e. The lowest BCUT2D eigenvalue weighted by atomic mass is 9.81. The average Bonchev–Trinajstić information content (AvgIpc) is 2.70. The molecule has 1 heterocycles. The molecular weight excluding hydrogens is 270 g/mol. The Morgan fingerprint density at radius 2 is 1.70 bits per heavy atom. The quantitative estimate of drug-likeness (QED) is 0.859. The summed E-state index contributed by atoms with van der Waals surface area (Å²) in [5, 5.41) is 0. The molecule has 0 unspecified atom stereocenters. The minimum Gasteiger partial charge on any atom is -0.207 e. The second-order valence-electron chi connectivity index (χ2n) is 4.75. The smallest absolute Gasteiger partial charge is 0.207 e. The van der Waals surface area contributed by atoms with Crippen LogP contribution in [-0.2, 0) is 15.6 Å². The molecule has 1 N–H and O–H groups in total. The topological polar surface area (TPSA) is 46.2 Å². The van der Waals surface area contributed by atoms with Crippen molar-refractivity contribution in [2.24, 2.45) is 0 Å². The summed E-state index contributed by atoms with van der Waals surface area (Å²) in [4.78, 5) is 0.305. The van der Waals surface area contributed by atoms with Crippen LogP contribution in [0.25, 0.3) is 0 Å². The molecule has 0 saturated heterocycles. The van der Waals surface area contributed by atoms with Crippen molar-refractivity contribution in [1.29, 1.82) is 0 Å². The summed E-state index contributed by atoms with van der Waals surface area (Å²) in [6.45, 7) is 0. The number of rotatable bonds is 2. The number of terminal acetylenes is 1. The summed E-state index contributed by atoms with van der Waals surface area (Å²) in [7, 11) is -3.53. The van der Waals surface area contributed by atoms with Gasteiger partial charge in [0.15, 0.2) is 0 Å². The van der Waals surface area contributed by atoms with Crippen molar-refractivity contribution in [3.8, 4) is 12.3 Å². The van der Waals surface area contributed by atoms with Crippen LogP contribution in [-0.4, -0.2) is 8.42 Å². The van der Waals surface area contributed by atoms with Crippen LogP contribution in [0.5, 0.6) is 0 Å². The van der Waals surface area contributed by atoms with E-state index in [2.05, 4.69) is 10.6 Å². The minimum absolute atomic E-state index is 0.271. The molecule has 0 saturated carbocycles. The van der Waals surface area contributed by atoms with E-state index in [0.717, 1.165) is 5.56 Å². The Hall–Kier alpha value is -2.09. The molecule has 4 heteroatoms. The Morgan fingerprint density at radius 3 is 2.40 bits per heavy atom. The zero-order chi connectivity index (χ0) is 14.2. The summed E-state index contributed by atoms with van der Waals surface area (Å²) in [5.41, 5.74) is 0.696. The molecular formula is C16H13NO2S. The van der Waals surface area contributed by atoms with E-state index in [1.807, 2.05) is 42.5 Å². The lowest BCUT2D eigenvalue weighted by Crippen LogP contribution is -2.40. The molecule has 2 aromatic rings. The van der Waals surface area contributed by atoms with Gasteiger partial charge in [-0.3, -0.25) is 0 Å². The zero-order valence-electron chi connectivity index (χ0n) is 10.7. The summed E-state index contributed by atoms with van der Waals surface area (Å²) < 4.78 is 27.4. The van der Waals surface area contributed by atoms with Gasteiger partial charge in [-0.15, -0.1) is 12.3 Å². The van der Waals surface area contributed by atoms with Crippen molar-refractivity contribution in [3.05, 3.63) is 65.7 Å². The van der Waals surface area contributed by atoms with E-state index in [4.69, 9.17) is 6.42 Å². The molecule has 0 fully saturated rings. The lowest BCUT2D eigenvalue weighted by Gasteiger charge is -2.28. The SMILES string of the molecule is C#CC[C@@]1(c2ccccc2)NS(=O)(=O)c2ccccc21. The highest BCUT2D eigenvalue weighted by Crippen LogP contribution is 2.42. The predicted molar refractivity (Wildman–Crippen MR) is 77.4 cm³/mol. The van der Waals surface area contributed by atoms with Crippen molar-refractivity contribution in [3.63, 3.8) is 0 Å². The Morgan fingerprint density at radius 1 is 1.05 bits per heavy atom. The van der Waals surface area contributed by atoms with Gasteiger partial charge in [0.2, 0.25) is 10.0 Å². The van der Waals surface area contributed by atoms with E-state index in [1.165, 1.54) is 0 Å². The van der Waals surface area contributed by atoms with Gasteiger partial charge in [-0.2, -0.15) is 4.72 Å². The van der Waals surface area contributed by atoms with E-state index in [9.17, 15) is 8.42 Å². The predicted octanol–water partition coefficient (Wildman–Crippen LogP) is 2.25. The van der Waals surface area contributed by atoms with Crippen molar-refractivity contribution in [2.75, 3.05) is 0 Å². The van der Waals surface area contributed by atoms with E-state index in [-0.39, 0.29) is 6.42 Å². The highest BCUT2D eigenvalue weighted by molar-refractivity contribution is 7.89. The number of hydrogen-bond donors (Lipinski definition) is 1. The van der Waals surface area contributed by atoms with E-state index >= 15 is 0 Å². The number of fused-ring (bicyclic) bond motifs is 1. The third-order valence-corrected chi connectivity index (χ3v) is 5.13. The van der Waals surface area contributed by atoms with E-state index in [0.29, 0.717) is 10.5 Å². The zero-order valence-corrected chi connectivity index (χ0v) is 11.5. The fourth-order valence-electron chi connectivity index (χ4n) is 2.72.